The second-order valence-corrected chi connectivity index (χ2v) is 8.39. The molecule has 2 saturated heterocycles. The summed E-state index contributed by atoms with van der Waals surface area (Å²) in [7, 11) is 1.54. The molecule has 0 saturated carbocycles. The fourth-order valence-electron chi connectivity index (χ4n) is 4.23. The van der Waals surface area contributed by atoms with Crippen LogP contribution < -0.4 is 15.0 Å². The van der Waals surface area contributed by atoms with Crippen molar-refractivity contribution in [1.82, 2.24) is 15.2 Å². The second kappa shape index (κ2) is 10.8. The van der Waals surface area contributed by atoms with E-state index in [9.17, 15) is 19.8 Å². The van der Waals surface area contributed by atoms with Crippen molar-refractivity contribution in [2.75, 3.05) is 44.7 Å². The molecule has 1 aromatic heterocycles. The van der Waals surface area contributed by atoms with Gasteiger partial charge in [-0.15, -0.1) is 0 Å². The Hall–Kier alpha value is -3.21. The Labute approximate surface area is 198 Å². The van der Waals surface area contributed by atoms with E-state index in [4.69, 9.17) is 9.47 Å². The maximum atomic E-state index is 12.8. The van der Waals surface area contributed by atoms with E-state index in [1.165, 1.54) is 0 Å². The lowest BCUT2D eigenvalue weighted by molar-refractivity contribution is -0.135. The Kier molecular flexibility index (Phi) is 7.61. The van der Waals surface area contributed by atoms with Crippen LogP contribution in [0.25, 0.3) is 0 Å². The molecule has 2 fully saturated rings. The highest BCUT2D eigenvalue weighted by molar-refractivity contribution is 5.94. The first-order valence-electron chi connectivity index (χ1n) is 11.3. The van der Waals surface area contributed by atoms with Crippen molar-refractivity contribution >= 4 is 17.6 Å². The number of nitrogens with zero attached hydrogens (tertiary/aromatic N) is 3. The van der Waals surface area contributed by atoms with Gasteiger partial charge in [-0.05, 0) is 36.4 Å². The van der Waals surface area contributed by atoms with Crippen molar-refractivity contribution in [1.29, 1.82) is 0 Å². The average Bonchev–Trinajstić information content (AvgIpc) is 3.15. The van der Waals surface area contributed by atoms with E-state index < -0.39 is 24.4 Å². The number of benzene rings is 1. The number of piperazine rings is 1. The maximum absolute atomic E-state index is 12.8. The highest BCUT2D eigenvalue weighted by Crippen LogP contribution is 2.25. The third kappa shape index (κ3) is 5.46. The van der Waals surface area contributed by atoms with Gasteiger partial charge in [0.25, 0.3) is 5.91 Å². The molecule has 4 rings (SSSR count). The third-order valence-electron chi connectivity index (χ3n) is 6.26. The molecule has 2 amide bonds. The van der Waals surface area contributed by atoms with E-state index in [0.29, 0.717) is 37.5 Å². The highest BCUT2D eigenvalue weighted by atomic mass is 16.5. The van der Waals surface area contributed by atoms with Gasteiger partial charge in [-0.25, -0.2) is 4.98 Å². The number of amides is 2. The number of ether oxygens (including phenoxy) is 2. The predicted octanol–water partition coefficient (Wildman–Crippen LogP) is 0.0481. The number of aromatic nitrogens is 1. The summed E-state index contributed by atoms with van der Waals surface area (Å²) in [5.41, 5.74) is 0.436. The lowest BCUT2D eigenvalue weighted by Crippen LogP contribution is -2.50. The number of carbonyl (C=O) groups excluding carboxylic acids is 2. The first-order valence-corrected chi connectivity index (χ1v) is 11.3. The molecular formula is C24H30N4O6. The highest BCUT2D eigenvalue weighted by Gasteiger charge is 2.44. The number of methoxy groups -OCH3 is 1. The van der Waals surface area contributed by atoms with Gasteiger partial charge in [0.05, 0.1) is 19.6 Å². The fraction of sp³-hybridized carbons (Fsp3) is 0.458. The molecule has 182 valence electrons. The lowest BCUT2D eigenvalue weighted by Gasteiger charge is -2.36. The molecule has 0 bridgehead atoms. The van der Waals surface area contributed by atoms with Crippen molar-refractivity contribution in [3.05, 3.63) is 54.2 Å². The zero-order chi connectivity index (χ0) is 24.1. The second-order valence-electron chi connectivity index (χ2n) is 8.39. The number of hydrogen-bond donors (Lipinski definition) is 3. The summed E-state index contributed by atoms with van der Waals surface area (Å²) in [6.07, 6.45) is -2.34. The van der Waals surface area contributed by atoms with Crippen molar-refractivity contribution in [2.24, 2.45) is 0 Å². The number of anilines is 1. The fourth-order valence-corrected chi connectivity index (χ4v) is 4.23. The van der Waals surface area contributed by atoms with Crippen LogP contribution >= 0.6 is 0 Å². The van der Waals surface area contributed by atoms with E-state index >= 15 is 0 Å². The molecule has 0 unspecified atom stereocenters. The molecule has 3 N–H and O–H groups in total. The molecule has 10 nitrogen and oxygen atoms in total. The topological polar surface area (TPSA) is 124 Å². The summed E-state index contributed by atoms with van der Waals surface area (Å²) in [6, 6.07) is 12.3. The smallest absolute Gasteiger partial charge is 0.251 e. The summed E-state index contributed by atoms with van der Waals surface area (Å²) in [6.45, 7) is 2.43. The van der Waals surface area contributed by atoms with Gasteiger partial charge in [0.15, 0.2) is 0 Å². The Bertz CT molecular complexity index is 965. The molecule has 2 aliphatic rings. The van der Waals surface area contributed by atoms with Crippen LogP contribution in [0.15, 0.2) is 48.7 Å². The van der Waals surface area contributed by atoms with Gasteiger partial charge in [-0.1, -0.05) is 6.07 Å². The van der Waals surface area contributed by atoms with Crippen LogP contribution in [0, 0.1) is 0 Å². The average molecular weight is 471 g/mol. The summed E-state index contributed by atoms with van der Waals surface area (Å²) in [5, 5.41) is 23.5. The summed E-state index contributed by atoms with van der Waals surface area (Å²) in [4.78, 5) is 33.4. The van der Waals surface area contributed by atoms with Crippen LogP contribution in [0.2, 0.25) is 0 Å². The van der Waals surface area contributed by atoms with E-state index in [-0.39, 0.29) is 24.8 Å². The number of pyridine rings is 1. The molecule has 1 aromatic carbocycles. The summed E-state index contributed by atoms with van der Waals surface area (Å²) in [5.74, 6) is 1.05. The molecule has 10 heteroatoms. The van der Waals surface area contributed by atoms with E-state index in [2.05, 4.69) is 15.2 Å². The predicted molar refractivity (Wildman–Crippen MR) is 124 cm³/mol. The number of aliphatic hydroxyl groups is 2. The molecule has 3 heterocycles. The van der Waals surface area contributed by atoms with Crippen molar-refractivity contribution in [3.8, 4) is 5.75 Å². The summed E-state index contributed by atoms with van der Waals surface area (Å²) >= 11 is 0. The molecule has 0 radical (unpaired) electrons. The number of carbonyl (C=O) groups is 2. The molecular weight excluding hydrogens is 440 g/mol. The van der Waals surface area contributed by atoms with Crippen LogP contribution in [0.1, 0.15) is 16.8 Å². The first kappa shape index (κ1) is 23.9. The van der Waals surface area contributed by atoms with Gasteiger partial charge >= 0.3 is 0 Å². The van der Waals surface area contributed by atoms with Crippen molar-refractivity contribution < 1.29 is 29.3 Å². The monoisotopic (exact) mass is 470 g/mol. The molecule has 0 spiro atoms. The minimum absolute atomic E-state index is 0.0104. The Balaban J connectivity index is 1.25. The minimum atomic E-state index is -1.21. The Morgan fingerprint density at radius 1 is 1.06 bits per heavy atom. The molecule has 4 atom stereocenters. The van der Waals surface area contributed by atoms with E-state index in [1.807, 2.05) is 18.2 Å². The van der Waals surface area contributed by atoms with Crippen LogP contribution in [0.5, 0.6) is 5.75 Å². The lowest BCUT2D eigenvalue weighted by atomic mass is 10.0. The minimum Gasteiger partial charge on any atom is -0.497 e. The van der Waals surface area contributed by atoms with Gasteiger partial charge < -0.3 is 34.8 Å². The zero-order valence-corrected chi connectivity index (χ0v) is 19.0. The van der Waals surface area contributed by atoms with Crippen LogP contribution in [0.3, 0.4) is 0 Å². The largest absolute Gasteiger partial charge is 0.497 e. The van der Waals surface area contributed by atoms with Gasteiger partial charge in [0.2, 0.25) is 5.91 Å². The van der Waals surface area contributed by atoms with Crippen molar-refractivity contribution in [3.63, 3.8) is 0 Å². The zero-order valence-electron chi connectivity index (χ0n) is 19.0. The van der Waals surface area contributed by atoms with Crippen LogP contribution in [-0.4, -0.2) is 96.2 Å². The van der Waals surface area contributed by atoms with Crippen molar-refractivity contribution in [2.45, 2.75) is 30.8 Å². The number of nitrogens with one attached hydrogen (secondary N) is 1. The molecule has 2 aromatic rings. The number of hydrogen-bond acceptors (Lipinski definition) is 8. The van der Waals surface area contributed by atoms with Crippen LogP contribution in [-0.2, 0) is 9.53 Å². The number of aliphatic hydroxyl groups excluding tert-OH is 2. The van der Waals surface area contributed by atoms with Gasteiger partial charge in [0.1, 0.15) is 29.9 Å². The normalized spacial score (nSPS) is 24.7. The van der Waals surface area contributed by atoms with E-state index in [1.54, 1.807) is 42.5 Å². The van der Waals surface area contributed by atoms with E-state index in [0.717, 1.165) is 5.82 Å². The van der Waals surface area contributed by atoms with Gasteiger partial charge in [0, 0.05) is 44.5 Å². The maximum Gasteiger partial charge on any atom is 0.251 e. The molecule has 2 aliphatic heterocycles. The SMILES string of the molecule is COc1ccc(C(=O)NC[C@H]2O[C@@H](CC(=O)N3CCN(c4ccccn4)CC3)[C@H](O)[C@@H]2O)cc1. The van der Waals surface area contributed by atoms with Gasteiger partial charge in [-0.3, -0.25) is 9.59 Å². The molecule has 0 aliphatic carbocycles. The van der Waals surface area contributed by atoms with Crippen LogP contribution in [0.4, 0.5) is 5.82 Å². The third-order valence-corrected chi connectivity index (χ3v) is 6.26. The summed E-state index contributed by atoms with van der Waals surface area (Å²) < 4.78 is 10.8. The Morgan fingerprint density at radius 2 is 1.76 bits per heavy atom. The van der Waals surface area contributed by atoms with Gasteiger partial charge in [-0.2, -0.15) is 0 Å². The quantitative estimate of drug-likeness (QED) is 0.519. The number of rotatable bonds is 7. The first-order chi connectivity index (χ1) is 16.5. The Morgan fingerprint density at radius 3 is 2.41 bits per heavy atom. The standard InChI is InChI=1S/C24H30N4O6/c1-33-17-7-5-16(6-8-17)24(32)26-15-19-23(31)22(30)18(34-19)14-21(29)28-12-10-27(11-13-28)20-4-2-3-9-25-20/h2-9,18-19,22-23,30-31H,10-15H2,1H3,(H,26,32)/t18-,19+,22-,23+/m0/s1. The molecule has 34 heavy (non-hydrogen) atoms.